The molecule has 0 spiro atoms. The van der Waals surface area contributed by atoms with Gasteiger partial charge in [-0.25, -0.2) is 9.37 Å². The van der Waals surface area contributed by atoms with Crippen LogP contribution in [0, 0.1) is 12.7 Å². The van der Waals surface area contributed by atoms with Crippen LogP contribution in [-0.2, 0) is 19.5 Å². The fourth-order valence-corrected chi connectivity index (χ4v) is 6.28. The summed E-state index contributed by atoms with van der Waals surface area (Å²) >= 11 is 12.5. The Morgan fingerprint density at radius 3 is 2.33 bits per heavy atom. The minimum Gasteiger partial charge on any atom is -0.322 e. The number of nitrogens with zero attached hydrogens (tertiary/aromatic N) is 4. The third-order valence-electron chi connectivity index (χ3n) is 7.84. The van der Waals surface area contributed by atoms with Crippen LogP contribution < -0.4 is 0 Å². The van der Waals surface area contributed by atoms with Gasteiger partial charge in [0.1, 0.15) is 11.5 Å². The number of hydrogen-bond acceptors (Lipinski definition) is 3. The molecule has 1 aliphatic heterocycles. The molecule has 0 N–H and O–H groups in total. The van der Waals surface area contributed by atoms with E-state index in [-0.39, 0.29) is 5.82 Å². The van der Waals surface area contributed by atoms with E-state index in [2.05, 4.69) is 57.8 Å². The summed E-state index contributed by atoms with van der Waals surface area (Å²) in [4.78, 5) is 12.2. The number of imidazole rings is 1. The van der Waals surface area contributed by atoms with E-state index >= 15 is 0 Å². The minimum atomic E-state index is -0.216. The fraction of sp³-hybridized carbons (Fsp3) is 0.273. The number of fused-ring (bicyclic) bond motifs is 1. The van der Waals surface area contributed by atoms with Crippen LogP contribution in [0.4, 0.5) is 4.39 Å². The van der Waals surface area contributed by atoms with E-state index in [4.69, 9.17) is 28.2 Å². The molecule has 3 aromatic carbocycles. The molecule has 1 saturated heterocycles. The van der Waals surface area contributed by atoms with Crippen molar-refractivity contribution in [1.82, 2.24) is 19.4 Å². The first-order valence-electron chi connectivity index (χ1n) is 13.8. The van der Waals surface area contributed by atoms with Crippen molar-refractivity contribution in [2.24, 2.45) is 0 Å². The first kappa shape index (κ1) is 26.9. The monoisotopic (exact) mass is 572 g/mol. The fourth-order valence-electron chi connectivity index (χ4n) is 5.74. The van der Waals surface area contributed by atoms with Gasteiger partial charge in [-0.1, -0.05) is 41.4 Å². The van der Waals surface area contributed by atoms with Gasteiger partial charge in [-0.2, -0.15) is 0 Å². The summed E-state index contributed by atoms with van der Waals surface area (Å²) in [5.41, 5.74) is 7.64. The molecule has 0 amide bonds. The second-order valence-electron chi connectivity index (χ2n) is 10.8. The largest absolute Gasteiger partial charge is 0.322 e. The van der Waals surface area contributed by atoms with Crippen LogP contribution in [0.3, 0.4) is 0 Å². The SMILES string of the molecule is Cc1ccnc(-c2nc3cc(CN4CCC(c5cc(Cl)cc(Cl)c5)CC4)ccc3n2CCc2ccc(F)cc2)c1. The highest BCUT2D eigenvalue weighted by Gasteiger charge is 2.22. The molecule has 0 saturated carbocycles. The van der Waals surface area contributed by atoms with E-state index < -0.39 is 0 Å². The quantitative estimate of drug-likeness (QED) is 0.196. The molecule has 0 radical (unpaired) electrons. The molecular formula is C33H31Cl2FN4. The third-order valence-corrected chi connectivity index (χ3v) is 8.28. The molecule has 2 aromatic heterocycles. The summed E-state index contributed by atoms with van der Waals surface area (Å²) < 4.78 is 15.7. The van der Waals surface area contributed by atoms with E-state index in [1.165, 1.54) is 23.3 Å². The molecule has 204 valence electrons. The number of rotatable bonds is 7. The minimum absolute atomic E-state index is 0.216. The lowest BCUT2D eigenvalue weighted by molar-refractivity contribution is 0.205. The van der Waals surface area contributed by atoms with Gasteiger partial charge in [0.15, 0.2) is 5.82 Å². The van der Waals surface area contributed by atoms with Crippen molar-refractivity contribution in [2.75, 3.05) is 13.1 Å². The maximum Gasteiger partial charge on any atom is 0.159 e. The Bertz CT molecular complexity index is 1620. The predicted molar refractivity (Wildman–Crippen MR) is 162 cm³/mol. The van der Waals surface area contributed by atoms with Crippen LogP contribution >= 0.6 is 23.2 Å². The number of hydrogen-bond donors (Lipinski definition) is 0. The first-order chi connectivity index (χ1) is 19.4. The summed E-state index contributed by atoms with van der Waals surface area (Å²) in [6.45, 7) is 5.74. The number of pyridine rings is 1. The second-order valence-corrected chi connectivity index (χ2v) is 11.6. The average molecular weight is 574 g/mol. The zero-order valence-electron chi connectivity index (χ0n) is 22.5. The highest BCUT2D eigenvalue weighted by molar-refractivity contribution is 6.34. The Balaban J connectivity index is 1.22. The first-order valence-corrected chi connectivity index (χ1v) is 14.5. The Kier molecular flexibility index (Phi) is 7.88. The van der Waals surface area contributed by atoms with Gasteiger partial charge in [0.25, 0.3) is 0 Å². The van der Waals surface area contributed by atoms with Crippen molar-refractivity contribution < 1.29 is 4.39 Å². The summed E-state index contributed by atoms with van der Waals surface area (Å²) in [7, 11) is 0. The highest BCUT2D eigenvalue weighted by atomic mass is 35.5. The van der Waals surface area contributed by atoms with Crippen molar-refractivity contribution in [3.8, 4) is 11.5 Å². The normalized spacial score (nSPS) is 14.7. The smallest absolute Gasteiger partial charge is 0.159 e. The summed E-state index contributed by atoms with van der Waals surface area (Å²) in [6, 6.07) is 23.3. The maximum absolute atomic E-state index is 13.4. The van der Waals surface area contributed by atoms with Gasteiger partial charge in [-0.05, 0) is 122 Å². The number of benzene rings is 3. The number of aromatic nitrogens is 3. The van der Waals surface area contributed by atoms with Crippen LogP contribution in [0.15, 0.2) is 79.0 Å². The molecule has 0 atom stereocenters. The van der Waals surface area contributed by atoms with Crippen molar-refractivity contribution in [2.45, 2.75) is 45.2 Å². The summed E-state index contributed by atoms with van der Waals surface area (Å²) in [5.74, 6) is 1.13. The van der Waals surface area contributed by atoms with Crippen LogP contribution in [0.5, 0.6) is 0 Å². The highest BCUT2D eigenvalue weighted by Crippen LogP contribution is 2.33. The molecule has 1 aliphatic rings. The van der Waals surface area contributed by atoms with Crippen molar-refractivity contribution >= 4 is 34.2 Å². The summed E-state index contributed by atoms with van der Waals surface area (Å²) in [6.07, 6.45) is 4.78. The molecule has 6 rings (SSSR count). The molecule has 1 fully saturated rings. The Morgan fingerprint density at radius 1 is 0.875 bits per heavy atom. The number of aryl methyl sites for hydroxylation is 3. The van der Waals surface area contributed by atoms with Gasteiger partial charge in [-0.15, -0.1) is 0 Å². The van der Waals surface area contributed by atoms with Gasteiger partial charge in [0.2, 0.25) is 0 Å². The number of likely N-dealkylation sites (tertiary alicyclic amines) is 1. The molecule has 4 nitrogen and oxygen atoms in total. The standard InChI is InChI=1S/C33H31Cl2FN4/c1-22-8-12-37-31(16-22)33-38-30-17-24(4-7-32(30)40(33)15-9-23-2-5-29(36)6-3-23)21-39-13-10-25(11-14-39)26-18-27(34)20-28(35)19-26/h2-8,12,16-20,25H,9-11,13-15,21H2,1H3. The number of halogens is 3. The lowest BCUT2D eigenvalue weighted by atomic mass is 9.89. The molecule has 0 bridgehead atoms. The van der Waals surface area contributed by atoms with E-state index in [0.29, 0.717) is 16.0 Å². The third kappa shape index (κ3) is 6.07. The lowest BCUT2D eigenvalue weighted by Crippen LogP contribution is -2.32. The molecule has 0 unspecified atom stereocenters. The maximum atomic E-state index is 13.4. The summed E-state index contributed by atoms with van der Waals surface area (Å²) in [5, 5.41) is 1.41. The van der Waals surface area contributed by atoms with E-state index in [1.807, 2.05) is 24.4 Å². The predicted octanol–water partition coefficient (Wildman–Crippen LogP) is 8.47. The Hall–Kier alpha value is -3.25. The molecular weight excluding hydrogens is 542 g/mol. The topological polar surface area (TPSA) is 34.0 Å². The van der Waals surface area contributed by atoms with Crippen LogP contribution in [0.25, 0.3) is 22.6 Å². The van der Waals surface area contributed by atoms with Gasteiger partial charge >= 0.3 is 0 Å². The van der Waals surface area contributed by atoms with Crippen molar-refractivity contribution in [3.63, 3.8) is 0 Å². The zero-order valence-corrected chi connectivity index (χ0v) is 24.0. The second kappa shape index (κ2) is 11.7. The van der Waals surface area contributed by atoms with Gasteiger partial charge in [0, 0.05) is 29.3 Å². The van der Waals surface area contributed by atoms with Crippen LogP contribution in [0.2, 0.25) is 10.0 Å². The lowest BCUT2D eigenvalue weighted by Gasteiger charge is -2.32. The molecule has 7 heteroatoms. The molecule has 40 heavy (non-hydrogen) atoms. The van der Waals surface area contributed by atoms with Crippen molar-refractivity contribution in [3.05, 3.63) is 117 Å². The molecule has 0 aliphatic carbocycles. The van der Waals surface area contributed by atoms with Gasteiger partial charge in [-0.3, -0.25) is 9.88 Å². The van der Waals surface area contributed by atoms with E-state index in [9.17, 15) is 4.39 Å². The average Bonchev–Trinajstić information content (AvgIpc) is 3.30. The Morgan fingerprint density at radius 2 is 1.60 bits per heavy atom. The molecule has 5 aromatic rings. The van der Waals surface area contributed by atoms with Gasteiger partial charge < -0.3 is 4.57 Å². The van der Waals surface area contributed by atoms with Crippen LogP contribution in [0.1, 0.15) is 41.0 Å². The van der Waals surface area contributed by atoms with Crippen LogP contribution in [-0.4, -0.2) is 32.5 Å². The van der Waals surface area contributed by atoms with Gasteiger partial charge in [0.05, 0.1) is 11.0 Å². The van der Waals surface area contributed by atoms with Crippen molar-refractivity contribution in [1.29, 1.82) is 0 Å². The zero-order chi connectivity index (χ0) is 27.6. The molecule has 3 heterocycles. The Labute approximate surface area is 244 Å². The van der Waals surface area contributed by atoms with E-state index in [1.54, 1.807) is 6.07 Å². The number of piperidine rings is 1. The van der Waals surface area contributed by atoms with E-state index in [0.717, 1.165) is 79.1 Å².